The average molecular weight is 319 g/mol. The first kappa shape index (κ1) is 16.3. The molecule has 0 aromatic carbocycles. The van der Waals surface area contributed by atoms with E-state index in [1.807, 2.05) is 19.4 Å². The van der Waals surface area contributed by atoms with Crippen LogP contribution in [-0.2, 0) is 13.6 Å². The van der Waals surface area contributed by atoms with E-state index in [0.717, 1.165) is 44.8 Å². The summed E-state index contributed by atoms with van der Waals surface area (Å²) in [5.41, 5.74) is 0. The lowest BCUT2D eigenvalue weighted by molar-refractivity contribution is 0.160. The van der Waals surface area contributed by atoms with Gasteiger partial charge in [0.15, 0.2) is 0 Å². The maximum atomic E-state index is 12.0. The third-order valence-corrected chi connectivity index (χ3v) is 5.13. The molecule has 2 aliphatic rings. The van der Waals surface area contributed by atoms with Gasteiger partial charge in [-0.25, -0.2) is 9.78 Å². The van der Waals surface area contributed by atoms with E-state index in [2.05, 4.69) is 25.1 Å². The van der Waals surface area contributed by atoms with Crippen molar-refractivity contribution in [3.63, 3.8) is 0 Å². The van der Waals surface area contributed by atoms with E-state index >= 15 is 0 Å². The van der Waals surface area contributed by atoms with Crippen LogP contribution in [0.3, 0.4) is 0 Å². The van der Waals surface area contributed by atoms with Gasteiger partial charge < -0.3 is 15.2 Å². The van der Waals surface area contributed by atoms with E-state index < -0.39 is 0 Å². The van der Waals surface area contributed by atoms with E-state index in [4.69, 9.17) is 0 Å². The van der Waals surface area contributed by atoms with Crippen LogP contribution in [0.1, 0.15) is 44.3 Å². The second kappa shape index (κ2) is 7.81. The zero-order valence-electron chi connectivity index (χ0n) is 14.1. The number of amides is 2. The molecule has 1 aromatic heterocycles. The summed E-state index contributed by atoms with van der Waals surface area (Å²) in [7, 11) is 2.04. The molecule has 2 N–H and O–H groups in total. The Morgan fingerprint density at radius 3 is 2.87 bits per heavy atom. The van der Waals surface area contributed by atoms with E-state index in [-0.39, 0.29) is 6.03 Å². The highest BCUT2D eigenvalue weighted by Crippen LogP contribution is 2.18. The normalized spacial score (nSPS) is 23.1. The summed E-state index contributed by atoms with van der Waals surface area (Å²) in [6.07, 6.45) is 11.0. The topological polar surface area (TPSA) is 62.2 Å². The fourth-order valence-electron chi connectivity index (χ4n) is 3.75. The van der Waals surface area contributed by atoms with Gasteiger partial charge in [-0.05, 0) is 38.1 Å². The number of aromatic nitrogens is 2. The van der Waals surface area contributed by atoms with Crippen LogP contribution in [0.2, 0.25) is 0 Å². The van der Waals surface area contributed by atoms with Gasteiger partial charge in [0.25, 0.3) is 0 Å². The molecule has 1 atom stereocenters. The molecule has 1 aliphatic heterocycles. The molecule has 1 aliphatic carbocycles. The molecule has 1 saturated heterocycles. The van der Waals surface area contributed by atoms with Gasteiger partial charge in [-0.2, -0.15) is 0 Å². The Hall–Kier alpha value is -1.56. The summed E-state index contributed by atoms with van der Waals surface area (Å²) in [5.74, 6) is 1.65. The number of urea groups is 1. The molecular weight excluding hydrogens is 290 g/mol. The maximum Gasteiger partial charge on any atom is 0.315 e. The SMILES string of the molecule is Cn1ccnc1CN1CCC[C@@H](CNC(=O)NC2CCCC2)C1. The molecule has 6 heteroatoms. The summed E-state index contributed by atoms with van der Waals surface area (Å²) in [6.45, 7) is 3.83. The first-order chi connectivity index (χ1) is 11.2. The molecule has 6 nitrogen and oxygen atoms in total. The summed E-state index contributed by atoms with van der Waals surface area (Å²) in [5, 5.41) is 6.17. The Morgan fingerprint density at radius 2 is 2.13 bits per heavy atom. The second-order valence-electron chi connectivity index (χ2n) is 7.03. The molecule has 0 unspecified atom stereocenters. The van der Waals surface area contributed by atoms with Crippen LogP contribution in [-0.4, -0.2) is 46.2 Å². The lowest BCUT2D eigenvalue weighted by atomic mass is 9.98. The fourth-order valence-corrected chi connectivity index (χ4v) is 3.75. The molecule has 2 amide bonds. The number of carbonyl (C=O) groups excluding carboxylic acids is 1. The van der Waals surface area contributed by atoms with Crippen molar-refractivity contribution in [2.75, 3.05) is 19.6 Å². The van der Waals surface area contributed by atoms with Crippen molar-refractivity contribution < 1.29 is 4.79 Å². The second-order valence-corrected chi connectivity index (χ2v) is 7.03. The Morgan fingerprint density at radius 1 is 1.30 bits per heavy atom. The monoisotopic (exact) mass is 319 g/mol. The lowest BCUT2D eigenvalue weighted by Gasteiger charge is -2.32. The molecule has 2 fully saturated rings. The Kier molecular flexibility index (Phi) is 5.54. The van der Waals surface area contributed by atoms with Crippen LogP contribution in [0.15, 0.2) is 12.4 Å². The average Bonchev–Trinajstić information content (AvgIpc) is 3.18. The van der Waals surface area contributed by atoms with Crippen LogP contribution in [0.5, 0.6) is 0 Å². The first-order valence-electron chi connectivity index (χ1n) is 8.93. The van der Waals surface area contributed by atoms with Crippen molar-refractivity contribution in [1.82, 2.24) is 25.1 Å². The minimum atomic E-state index is 0.0122. The Labute approximate surface area is 138 Å². The molecular formula is C17H29N5O. The number of hydrogen-bond acceptors (Lipinski definition) is 3. The Balaban J connectivity index is 1.39. The molecule has 128 valence electrons. The number of nitrogens with zero attached hydrogens (tertiary/aromatic N) is 3. The van der Waals surface area contributed by atoms with Gasteiger partial charge in [0.1, 0.15) is 5.82 Å². The van der Waals surface area contributed by atoms with E-state index in [9.17, 15) is 4.79 Å². The van der Waals surface area contributed by atoms with Gasteiger partial charge in [-0.1, -0.05) is 12.8 Å². The molecule has 0 spiro atoms. The number of nitrogens with one attached hydrogen (secondary N) is 2. The van der Waals surface area contributed by atoms with Gasteiger partial charge >= 0.3 is 6.03 Å². The minimum Gasteiger partial charge on any atom is -0.338 e. The van der Waals surface area contributed by atoms with Crippen LogP contribution in [0, 0.1) is 5.92 Å². The lowest BCUT2D eigenvalue weighted by Crippen LogP contribution is -2.45. The van der Waals surface area contributed by atoms with E-state index in [1.165, 1.54) is 25.7 Å². The molecule has 1 saturated carbocycles. The van der Waals surface area contributed by atoms with Crippen LogP contribution >= 0.6 is 0 Å². The van der Waals surface area contributed by atoms with Crippen molar-refractivity contribution in [1.29, 1.82) is 0 Å². The number of imidazole rings is 1. The highest BCUT2D eigenvalue weighted by Gasteiger charge is 2.22. The standard InChI is InChI=1S/C17H29N5O/c1-21-10-8-18-16(21)13-22-9-4-5-14(12-22)11-19-17(23)20-15-6-2-3-7-15/h8,10,14-15H,2-7,9,11-13H2,1H3,(H2,19,20,23)/t14-/m0/s1. The zero-order valence-corrected chi connectivity index (χ0v) is 14.1. The summed E-state index contributed by atoms with van der Waals surface area (Å²) in [4.78, 5) is 18.8. The molecule has 0 radical (unpaired) electrons. The van der Waals surface area contributed by atoms with Gasteiger partial charge in [-0.3, -0.25) is 4.90 Å². The van der Waals surface area contributed by atoms with Gasteiger partial charge in [-0.15, -0.1) is 0 Å². The predicted molar refractivity (Wildman–Crippen MR) is 90.0 cm³/mol. The molecule has 23 heavy (non-hydrogen) atoms. The van der Waals surface area contributed by atoms with Crippen molar-refractivity contribution in [2.24, 2.45) is 13.0 Å². The Bertz CT molecular complexity index is 509. The van der Waals surface area contributed by atoms with Crippen LogP contribution in [0.4, 0.5) is 4.79 Å². The number of likely N-dealkylation sites (tertiary alicyclic amines) is 1. The number of carbonyl (C=O) groups is 1. The summed E-state index contributed by atoms with van der Waals surface area (Å²) >= 11 is 0. The highest BCUT2D eigenvalue weighted by molar-refractivity contribution is 5.74. The molecule has 3 rings (SSSR count). The molecule has 1 aromatic rings. The largest absolute Gasteiger partial charge is 0.338 e. The third kappa shape index (κ3) is 4.70. The van der Waals surface area contributed by atoms with Gasteiger partial charge in [0.2, 0.25) is 0 Å². The fraction of sp³-hybridized carbons (Fsp3) is 0.765. The number of aryl methyl sites for hydroxylation is 1. The quantitative estimate of drug-likeness (QED) is 0.871. The summed E-state index contributed by atoms with van der Waals surface area (Å²) < 4.78 is 2.08. The van der Waals surface area contributed by atoms with Crippen molar-refractivity contribution in [3.05, 3.63) is 18.2 Å². The minimum absolute atomic E-state index is 0.0122. The van der Waals surface area contributed by atoms with Crippen LogP contribution in [0.25, 0.3) is 0 Å². The van der Waals surface area contributed by atoms with Crippen LogP contribution < -0.4 is 10.6 Å². The van der Waals surface area contributed by atoms with E-state index in [1.54, 1.807) is 0 Å². The third-order valence-electron chi connectivity index (χ3n) is 5.13. The molecule has 2 heterocycles. The van der Waals surface area contributed by atoms with Gasteiger partial charge in [0.05, 0.1) is 6.54 Å². The van der Waals surface area contributed by atoms with Crippen molar-refractivity contribution in [3.8, 4) is 0 Å². The maximum absolute atomic E-state index is 12.0. The number of piperidine rings is 1. The predicted octanol–water partition coefficient (Wildman–Crippen LogP) is 1.87. The highest BCUT2D eigenvalue weighted by atomic mass is 16.2. The number of hydrogen-bond donors (Lipinski definition) is 2. The zero-order chi connectivity index (χ0) is 16.1. The summed E-state index contributed by atoms with van der Waals surface area (Å²) in [6, 6.07) is 0.402. The number of rotatable bonds is 5. The van der Waals surface area contributed by atoms with E-state index in [0.29, 0.717) is 12.0 Å². The smallest absolute Gasteiger partial charge is 0.315 e. The molecule has 0 bridgehead atoms. The van der Waals surface area contributed by atoms with Crippen molar-refractivity contribution in [2.45, 2.75) is 51.1 Å². The van der Waals surface area contributed by atoms with Crippen molar-refractivity contribution >= 4 is 6.03 Å². The van der Waals surface area contributed by atoms with Gasteiger partial charge in [0, 0.05) is 38.6 Å². The first-order valence-corrected chi connectivity index (χ1v) is 8.93.